The Hall–Kier alpha value is -0.120. The Balaban J connectivity index is 2.05. The van der Waals surface area contributed by atoms with E-state index >= 15 is 0 Å². The van der Waals surface area contributed by atoms with E-state index in [-0.39, 0.29) is 5.79 Å². The van der Waals surface area contributed by atoms with E-state index in [0.717, 1.165) is 32.7 Å². The fourth-order valence-electron chi connectivity index (χ4n) is 2.19. The summed E-state index contributed by atoms with van der Waals surface area (Å²) in [6.45, 7) is 5.92. The molecule has 3 nitrogen and oxygen atoms in total. The van der Waals surface area contributed by atoms with Crippen LogP contribution in [0.1, 0.15) is 13.3 Å². The molecule has 0 bridgehead atoms. The van der Waals surface area contributed by atoms with Crippen LogP contribution in [-0.2, 0) is 9.47 Å². The lowest BCUT2D eigenvalue weighted by Crippen LogP contribution is -2.50. The first-order chi connectivity index (χ1) is 5.73. The Bertz CT molecular complexity index is 166. The third-order valence-electron chi connectivity index (χ3n) is 2.95. The molecule has 2 heterocycles. The Morgan fingerprint density at radius 1 is 1.33 bits per heavy atom. The van der Waals surface area contributed by atoms with E-state index in [1.54, 1.807) is 0 Å². The lowest BCUT2D eigenvalue weighted by Gasteiger charge is -2.41. The molecule has 2 saturated heterocycles. The highest BCUT2D eigenvalue weighted by Crippen LogP contribution is 2.35. The highest BCUT2D eigenvalue weighted by molar-refractivity contribution is 4.86. The standard InChI is InChI=1S/C9H17NO2/c1-8-7-10(2)4-3-9(8)11-5-6-12-9/h8H,3-7H2,1-2H3. The summed E-state index contributed by atoms with van der Waals surface area (Å²) < 4.78 is 11.4. The van der Waals surface area contributed by atoms with Crippen molar-refractivity contribution in [2.75, 3.05) is 33.4 Å². The molecule has 0 aromatic carbocycles. The van der Waals surface area contributed by atoms with Crippen LogP contribution < -0.4 is 0 Å². The first-order valence-corrected chi connectivity index (χ1v) is 4.69. The zero-order valence-corrected chi connectivity index (χ0v) is 7.88. The maximum Gasteiger partial charge on any atom is 0.173 e. The first-order valence-electron chi connectivity index (χ1n) is 4.69. The molecule has 0 radical (unpaired) electrons. The number of rotatable bonds is 0. The van der Waals surface area contributed by atoms with Crippen LogP contribution in [0.15, 0.2) is 0 Å². The summed E-state index contributed by atoms with van der Waals surface area (Å²) in [5.74, 6) is 0.269. The number of hydrogen-bond donors (Lipinski definition) is 0. The van der Waals surface area contributed by atoms with Crippen molar-refractivity contribution in [1.82, 2.24) is 4.90 Å². The molecule has 0 amide bonds. The van der Waals surface area contributed by atoms with Crippen LogP contribution in [0.4, 0.5) is 0 Å². The minimum atomic E-state index is -0.230. The van der Waals surface area contributed by atoms with Crippen molar-refractivity contribution < 1.29 is 9.47 Å². The molecule has 0 aromatic rings. The zero-order chi connectivity index (χ0) is 8.60. The first kappa shape index (κ1) is 8.48. The van der Waals surface area contributed by atoms with Gasteiger partial charge in [0.25, 0.3) is 0 Å². The van der Waals surface area contributed by atoms with Gasteiger partial charge in [0.1, 0.15) is 0 Å². The summed E-state index contributed by atoms with van der Waals surface area (Å²) in [5, 5.41) is 0. The lowest BCUT2D eigenvalue weighted by atomic mass is 9.93. The number of nitrogens with zero attached hydrogens (tertiary/aromatic N) is 1. The van der Waals surface area contributed by atoms with Crippen LogP contribution in [-0.4, -0.2) is 44.0 Å². The predicted molar refractivity (Wildman–Crippen MR) is 45.9 cm³/mol. The van der Waals surface area contributed by atoms with Crippen molar-refractivity contribution in [3.63, 3.8) is 0 Å². The molecule has 2 fully saturated rings. The molecule has 1 spiro atoms. The van der Waals surface area contributed by atoms with Crippen LogP contribution in [0.2, 0.25) is 0 Å². The molecule has 2 aliphatic rings. The number of ether oxygens (including phenoxy) is 2. The predicted octanol–water partition coefficient (Wildman–Crippen LogP) is 0.701. The summed E-state index contributed by atoms with van der Waals surface area (Å²) >= 11 is 0. The number of likely N-dealkylation sites (tertiary alicyclic amines) is 1. The van der Waals surface area contributed by atoms with Crippen LogP contribution >= 0.6 is 0 Å². The van der Waals surface area contributed by atoms with Crippen LogP contribution in [0.3, 0.4) is 0 Å². The lowest BCUT2D eigenvalue weighted by molar-refractivity contribution is -0.214. The number of hydrogen-bond acceptors (Lipinski definition) is 3. The second-order valence-corrected chi connectivity index (χ2v) is 3.92. The molecule has 12 heavy (non-hydrogen) atoms. The van der Waals surface area contributed by atoms with Gasteiger partial charge < -0.3 is 14.4 Å². The molecular weight excluding hydrogens is 154 g/mol. The fourth-order valence-corrected chi connectivity index (χ4v) is 2.19. The van der Waals surface area contributed by atoms with Crippen molar-refractivity contribution in [3.05, 3.63) is 0 Å². The van der Waals surface area contributed by atoms with Gasteiger partial charge in [0.15, 0.2) is 5.79 Å². The highest BCUT2D eigenvalue weighted by atomic mass is 16.7. The van der Waals surface area contributed by atoms with Crippen LogP contribution in [0, 0.1) is 5.92 Å². The van der Waals surface area contributed by atoms with E-state index < -0.39 is 0 Å². The Morgan fingerprint density at radius 3 is 2.58 bits per heavy atom. The minimum Gasteiger partial charge on any atom is -0.347 e. The average Bonchev–Trinajstić information content (AvgIpc) is 2.48. The molecule has 0 aromatic heterocycles. The van der Waals surface area contributed by atoms with E-state index in [1.807, 2.05) is 0 Å². The Morgan fingerprint density at radius 2 is 2.00 bits per heavy atom. The molecule has 3 heteroatoms. The van der Waals surface area contributed by atoms with Crippen molar-refractivity contribution in [2.24, 2.45) is 5.92 Å². The van der Waals surface area contributed by atoms with Gasteiger partial charge in [0.05, 0.1) is 13.2 Å². The third-order valence-corrected chi connectivity index (χ3v) is 2.95. The minimum absolute atomic E-state index is 0.230. The molecule has 70 valence electrons. The van der Waals surface area contributed by atoms with Gasteiger partial charge in [-0.15, -0.1) is 0 Å². The molecule has 0 aliphatic carbocycles. The normalized spacial score (nSPS) is 36.0. The summed E-state index contributed by atoms with van der Waals surface area (Å²) in [7, 11) is 2.15. The van der Waals surface area contributed by atoms with E-state index in [9.17, 15) is 0 Å². The molecular formula is C9H17NO2. The second kappa shape index (κ2) is 2.98. The maximum absolute atomic E-state index is 5.69. The van der Waals surface area contributed by atoms with Gasteiger partial charge in [-0.3, -0.25) is 0 Å². The van der Waals surface area contributed by atoms with E-state index in [0.29, 0.717) is 5.92 Å². The van der Waals surface area contributed by atoms with Gasteiger partial charge >= 0.3 is 0 Å². The van der Waals surface area contributed by atoms with Gasteiger partial charge in [-0.25, -0.2) is 0 Å². The van der Waals surface area contributed by atoms with Gasteiger partial charge in [0.2, 0.25) is 0 Å². The molecule has 2 aliphatic heterocycles. The van der Waals surface area contributed by atoms with E-state index in [1.165, 1.54) is 0 Å². The largest absolute Gasteiger partial charge is 0.347 e. The zero-order valence-electron chi connectivity index (χ0n) is 7.88. The second-order valence-electron chi connectivity index (χ2n) is 3.92. The highest BCUT2D eigenvalue weighted by Gasteiger charge is 2.44. The van der Waals surface area contributed by atoms with E-state index in [4.69, 9.17) is 9.47 Å². The fraction of sp³-hybridized carbons (Fsp3) is 1.00. The number of piperidine rings is 1. The van der Waals surface area contributed by atoms with Crippen molar-refractivity contribution >= 4 is 0 Å². The third kappa shape index (κ3) is 1.26. The van der Waals surface area contributed by atoms with Crippen molar-refractivity contribution in [3.8, 4) is 0 Å². The quantitative estimate of drug-likeness (QED) is 0.535. The van der Waals surface area contributed by atoms with Gasteiger partial charge in [-0.05, 0) is 7.05 Å². The van der Waals surface area contributed by atoms with E-state index in [2.05, 4.69) is 18.9 Å². The molecule has 1 unspecified atom stereocenters. The van der Waals surface area contributed by atoms with Gasteiger partial charge in [0, 0.05) is 25.4 Å². The summed E-state index contributed by atoms with van der Waals surface area (Å²) in [5.41, 5.74) is 0. The van der Waals surface area contributed by atoms with Crippen molar-refractivity contribution in [2.45, 2.75) is 19.1 Å². The topological polar surface area (TPSA) is 21.7 Å². The Kier molecular flexibility index (Phi) is 2.10. The smallest absolute Gasteiger partial charge is 0.173 e. The summed E-state index contributed by atoms with van der Waals surface area (Å²) in [6.07, 6.45) is 1.02. The summed E-state index contributed by atoms with van der Waals surface area (Å²) in [4.78, 5) is 2.33. The summed E-state index contributed by atoms with van der Waals surface area (Å²) in [6, 6.07) is 0. The molecule has 0 saturated carbocycles. The van der Waals surface area contributed by atoms with Gasteiger partial charge in [-0.1, -0.05) is 6.92 Å². The molecule has 2 rings (SSSR count). The van der Waals surface area contributed by atoms with Crippen molar-refractivity contribution in [1.29, 1.82) is 0 Å². The average molecular weight is 171 g/mol. The van der Waals surface area contributed by atoms with Crippen LogP contribution in [0.5, 0.6) is 0 Å². The SMILES string of the molecule is CC1CN(C)CCC12OCCO2. The monoisotopic (exact) mass is 171 g/mol. The van der Waals surface area contributed by atoms with Gasteiger partial charge in [-0.2, -0.15) is 0 Å². The molecule has 0 N–H and O–H groups in total. The molecule has 1 atom stereocenters. The van der Waals surface area contributed by atoms with Crippen LogP contribution in [0.25, 0.3) is 0 Å². The maximum atomic E-state index is 5.69. The Labute approximate surface area is 73.6 Å².